The molecule has 0 saturated heterocycles. The van der Waals surface area contributed by atoms with Gasteiger partial charge in [-0.05, 0) is 25.1 Å². The van der Waals surface area contributed by atoms with E-state index in [2.05, 4.69) is 10.4 Å². The minimum Gasteiger partial charge on any atom is -0.506 e. The summed E-state index contributed by atoms with van der Waals surface area (Å²) in [5.41, 5.74) is 5.86. The van der Waals surface area contributed by atoms with Gasteiger partial charge in [-0.1, -0.05) is 12.1 Å². The van der Waals surface area contributed by atoms with Crippen molar-refractivity contribution < 1.29 is 9.90 Å². The molecule has 1 amide bonds. The van der Waals surface area contributed by atoms with E-state index < -0.39 is 6.04 Å². The molecule has 0 saturated carbocycles. The number of carbonyl (C=O) groups excluding carboxylic acids is 1. The first-order valence-electron chi connectivity index (χ1n) is 5.47. The van der Waals surface area contributed by atoms with Crippen LogP contribution in [-0.4, -0.2) is 20.8 Å². The molecule has 94 valence electrons. The monoisotopic (exact) mass is 246 g/mol. The van der Waals surface area contributed by atoms with Crippen molar-refractivity contribution in [2.24, 2.45) is 0 Å². The summed E-state index contributed by atoms with van der Waals surface area (Å²) in [6.07, 6.45) is 1.63. The Morgan fingerprint density at radius 2 is 2.17 bits per heavy atom. The van der Waals surface area contributed by atoms with E-state index in [1.165, 1.54) is 10.7 Å². The predicted molar refractivity (Wildman–Crippen MR) is 68.1 cm³/mol. The van der Waals surface area contributed by atoms with Gasteiger partial charge >= 0.3 is 0 Å². The second-order valence-corrected chi connectivity index (χ2v) is 3.90. The SMILES string of the molecule is CC(C(=O)Nc1ccccc1O)n1ccc(N)n1. The van der Waals surface area contributed by atoms with Crippen molar-refractivity contribution in [1.82, 2.24) is 9.78 Å². The Morgan fingerprint density at radius 1 is 1.44 bits per heavy atom. The topological polar surface area (TPSA) is 93.2 Å². The van der Waals surface area contributed by atoms with Crippen molar-refractivity contribution in [2.75, 3.05) is 11.1 Å². The highest BCUT2D eigenvalue weighted by atomic mass is 16.3. The van der Waals surface area contributed by atoms with E-state index in [0.29, 0.717) is 11.5 Å². The zero-order valence-electron chi connectivity index (χ0n) is 9.87. The van der Waals surface area contributed by atoms with Crippen LogP contribution in [0.15, 0.2) is 36.5 Å². The maximum atomic E-state index is 12.0. The van der Waals surface area contributed by atoms with E-state index in [1.807, 2.05) is 0 Å². The van der Waals surface area contributed by atoms with Gasteiger partial charge in [-0.15, -0.1) is 0 Å². The number of anilines is 2. The molecule has 0 bridgehead atoms. The highest BCUT2D eigenvalue weighted by molar-refractivity contribution is 5.94. The number of amides is 1. The molecule has 18 heavy (non-hydrogen) atoms. The number of nitrogen functional groups attached to an aromatic ring is 1. The first kappa shape index (κ1) is 12.0. The Labute approximate surface area is 104 Å². The van der Waals surface area contributed by atoms with Crippen LogP contribution in [0.1, 0.15) is 13.0 Å². The van der Waals surface area contributed by atoms with Crippen LogP contribution in [0.2, 0.25) is 0 Å². The number of hydrogen-bond donors (Lipinski definition) is 3. The predicted octanol–water partition coefficient (Wildman–Crippen LogP) is 1.37. The summed E-state index contributed by atoms with van der Waals surface area (Å²) in [5, 5.41) is 16.2. The highest BCUT2D eigenvalue weighted by Crippen LogP contribution is 2.22. The number of para-hydroxylation sites is 2. The molecule has 6 heteroatoms. The molecule has 0 spiro atoms. The lowest BCUT2D eigenvalue weighted by Gasteiger charge is -2.13. The van der Waals surface area contributed by atoms with Gasteiger partial charge < -0.3 is 16.2 Å². The lowest BCUT2D eigenvalue weighted by molar-refractivity contribution is -0.119. The lowest BCUT2D eigenvalue weighted by atomic mass is 10.2. The summed E-state index contributed by atoms with van der Waals surface area (Å²) < 4.78 is 1.46. The molecule has 2 rings (SSSR count). The van der Waals surface area contributed by atoms with E-state index in [4.69, 9.17) is 5.73 Å². The average molecular weight is 246 g/mol. The van der Waals surface area contributed by atoms with Gasteiger partial charge in [0.1, 0.15) is 17.6 Å². The molecule has 6 nitrogen and oxygen atoms in total. The van der Waals surface area contributed by atoms with Gasteiger partial charge in [-0.2, -0.15) is 5.10 Å². The van der Waals surface area contributed by atoms with Crippen LogP contribution in [0.3, 0.4) is 0 Å². The van der Waals surface area contributed by atoms with Gasteiger partial charge in [0.25, 0.3) is 0 Å². The smallest absolute Gasteiger partial charge is 0.249 e. The van der Waals surface area contributed by atoms with Crippen LogP contribution >= 0.6 is 0 Å². The number of nitrogens with one attached hydrogen (secondary N) is 1. The van der Waals surface area contributed by atoms with E-state index in [1.54, 1.807) is 37.4 Å². The molecule has 4 N–H and O–H groups in total. The van der Waals surface area contributed by atoms with Gasteiger partial charge in [-0.25, -0.2) is 0 Å². The first-order valence-corrected chi connectivity index (χ1v) is 5.47. The molecular formula is C12H14N4O2. The Morgan fingerprint density at radius 3 is 2.78 bits per heavy atom. The van der Waals surface area contributed by atoms with Crippen molar-refractivity contribution in [1.29, 1.82) is 0 Å². The number of nitrogens with zero attached hydrogens (tertiary/aromatic N) is 2. The zero-order chi connectivity index (χ0) is 13.1. The van der Waals surface area contributed by atoms with Crippen LogP contribution in [0.5, 0.6) is 5.75 Å². The van der Waals surface area contributed by atoms with Crippen molar-refractivity contribution >= 4 is 17.4 Å². The molecule has 1 heterocycles. The van der Waals surface area contributed by atoms with Crippen molar-refractivity contribution in [3.8, 4) is 5.75 Å². The fraction of sp³-hybridized carbons (Fsp3) is 0.167. The second-order valence-electron chi connectivity index (χ2n) is 3.90. The van der Waals surface area contributed by atoms with Gasteiger partial charge in [0, 0.05) is 6.20 Å². The summed E-state index contributed by atoms with van der Waals surface area (Å²) in [4.78, 5) is 12.0. The highest BCUT2D eigenvalue weighted by Gasteiger charge is 2.16. The zero-order valence-corrected chi connectivity index (χ0v) is 9.87. The van der Waals surface area contributed by atoms with E-state index in [0.717, 1.165) is 0 Å². The van der Waals surface area contributed by atoms with E-state index in [9.17, 15) is 9.90 Å². The van der Waals surface area contributed by atoms with Crippen molar-refractivity contribution in [2.45, 2.75) is 13.0 Å². The van der Waals surface area contributed by atoms with Crippen LogP contribution in [-0.2, 0) is 4.79 Å². The normalized spacial score (nSPS) is 12.1. The maximum Gasteiger partial charge on any atom is 0.249 e. The van der Waals surface area contributed by atoms with Crippen LogP contribution in [0.25, 0.3) is 0 Å². The van der Waals surface area contributed by atoms with Crippen LogP contribution < -0.4 is 11.1 Å². The van der Waals surface area contributed by atoms with Crippen LogP contribution in [0, 0.1) is 0 Å². The largest absolute Gasteiger partial charge is 0.506 e. The van der Waals surface area contributed by atoms with Gasteiger partial charge in [0.2, 0.25) is 5.91 Å². The Hall–Kier alpha value is -2.50. The molecule has 0 aliphatic heterocycles. The van der Waals surface area contributed by atoms with Crippen LogP contribution in [0.4, 0.5) is 11.5 Å². The molecule has 2 aromatic rings. The van der Waals surface area contributed by atoms with Crippen molar-refractivity contribution in [3.05, 3.63) is 36.5 Å². The maximum absolute atomic E-state index is 12.0. The molecule has 0 aliphatic rings. The van der Waals surface area contributed by atoms with E-state index >= 15 is 0 Å². The van der Waals surface area contributed by atoms with Crippen molar-refractivity contribution in [3.63, 3.8) is 0 Å². The van der Waals surface area contributed by atoms with Gasteiger partial charge in [-0.3, -0.25) is 9.48 Å². The summed E-state index contributed by atoms with van der Waals surface area (Å²) in [7, 11) is 0. The number of phenolic OH excluding ortho intramolecular Hbond substituents is 1. The summed E-state index contributed by atoms with van der Waals surface area (Å²) in [6.45, 7) is 1.70. The number of hydrogen-bond acceptors (Lipinski definition) is 4. The van der Waals surface area contributed by atoms with Gasteiger partial charge in [0.05, 0.1) is 5.69 Å². The average Bonchev–Trinajstić information content (AvgIpc) is 2.78. The Kier molecular flexibility index (Phi) is 3.18. The number of rotatable bonds is 3. The fourth-order valence-corrected chi connectivity index (χ4v) is 1.51. The number of phenols is 1. The molecule has 1 unspecified atom stereocenters. The standard InChI is InChI=1S/C12H14N4O2/c1-8(16-7-6-11(13)15-16)12(18)14-9-4-2-3-5-10(9)17/h2-8,17H,1H3,(H2,13,15)(H,14,18). The third kappa shape index (κ3) is 2.42. The third-order valence-electron chi connectivity index (χ3n) is 2.57. The number of aromatic hydroxyl groups is 1. The Balaban J connectivity index is 2.11. The molecule has 0 aliphatic carbocycles. The first-order chi connectivity index (χ1) is 8.58. The number of aromatic nitrogens is 2. The molecule has 0 radical (unpaired) electrons. The number of nitrogens with two attached hydrogens (primary N) is 1. The number of benzene rings is 1. The lowest BCUT2D eigenvalue weighted by Crippen LogP contribution is -2.24. The fourth-order valence-electron chi connectivity index (χ4n) is 1.51. The quantitative estimate of drug-likeness (QED) is 0.713. The summed E-state index contributed by atoms with van der Waals surface area (Å²) in [6, 6.07) is 7.64. The summed E-state index contributed by atoms with van der Waals surface area (Å²) >= 11 is 0. The molecule has 1 atom stereocenters. The molecular weight excluding hydrogens is 232 g/mol. The molecule has 1 aromatic heterocycles. The molecule has 0 fully saturated rings. The summed E-state index contributed by atoms with van der Waals surface area (Å²) in [5.74, 6) is 0.106. The third-order valence-corrected chi connectivity index (χ3v) is 2.57. The van der Waals surface area contributed by atoms with E-state index in [-0.39, 0.29) is 11.7 Å². The molecule has 1 aromatic carbocycles. The second kappa shape index (κ2) is 4.79. The number of carbonyl (C=O) groups is 1. The van der Waals surface area contributed by atoms with Gasteiger partial charge in [0.15, 0.2) is 0 Å². The minimum absolute atomic E-state index is 0.0260. The minimum atomic E-state index is -0.512. The Bertz CT molecular complexity index is 565.